The summed E-state index contributed by atoms with van der Waals surface area (Å²) in [6.07, 6.45) is 3.08. The summed E-state index contributed by atoms with van der Waals surface area (Å²) < 4.78 is 0. The van der Waals surface area contributed by atoms with Crippen molar-refractivity contribution >= 4 is 17.7 Å². The maximum Gasteiger partial charge on any atom is 0.238 e. The van der Waals surface area contributed by atoms with Gasteiger partial charge in [0.1, 0.15) is 5.41 Å². The number of hydrogen-bond acceptors (Lipinski definition) is 3. The molecule has 2 heterocycles. The van der Waals surface area contributed by atoms with Crippen LogP contribution in [-0.4, -0.2) is 47.7 Å². The highest BCUT2D eigenvalue weighted by Gasteiger charge is 2.58. The van der Waals surface area contributed by atoms with Gasteiger partial charge in [-0.25, -0.2) is 0 Å². The third-order valence-electron chi connectivity index (χ3n) is 6.49. The Morgan fingerprint density at radius 2 is 1.65 bits per heavy atom. The molecule has 0 aromatic heterocycles. The van der Waals surface area contributed by atoms with Crippen molar-refractivity contribution in [1.29, 1.82) is 0 Å². The van der Waals surface area contributed by atoms with E-state index in [0.717, 1.165) is 6.42 Å². The topological polar surface area (TPSA) is 83.7 Å². The number of nitrogens with two attached hydrogens (primary N) is 1. The number of likely N-dealkylation sites (tertiary alicyclic amines) is 1. The van der Waals surface area contributed by atoms with Crippen LogP contribution < -0.4 is 5.73 Å². The van der Waals surface area contributed by atoms with Gasteiger partial charge in [0, 0.05) is 26.7 Å². The molecule has 3 aliphatic rings. The second kappa shape index (κ2) is 5.83. The van der Waals surface area contributed by atoms with Gasteiger partial charge in [0.25, 0.3) is 0 Å². The van der Waals surface area contributed by atoms with E-state index in [-0.39, 0.29) is 11.8 Å². The van der Waals surface area contributed by atoms with Crippen LogP contribution >= 0.6 is 0 Å². The summed E-state index contributed by atoms with van der Waals surface area (Å²) >= 11 is 0. The molecule has 0 bridgehead atoms. The van der Waals surface area contributed by atoms with Crippen molar-refractivity contribution in [2.75, 3.05) is 20.1 Å². The number of benzene rings is 1. The first kappa shape index (κ1) is 17.1. The summed E-state index contributed by atoms with van der Waals surface area (Å²) in [5.41, 5.74) is 6.44. The van der Waals surface area contributed by atoms with Crippen molar-refractivity contribution in [2.24, 2.45) is 16.6 Å². The lowest BCUT2D eigenvalue weighted by atomic mass is 9.72. The first-order chi connectivity index (χ1) is 12.4. The Balaban J connectivity index is 1.55. The largest absolute Gasteiger partial charge is 0.369 e. The van der Waals surface area contributed by atoms with E-state index >= 15 is 0 Å². The molecule has 4 rings (SSSR count). The molecule has 1 aromatic rings. The second-order valence-corrected chi connectivity index (χ2v) is 8.13. The molecule has 1 aliphatic carbocycles. The van der Waals surface area contributed by atoms with Crippen molar-refractivity contribution in [3.8, 4) is 0 Å². The Labute approximate surface area is 153 Å². The quantitative estimate of drug-likeness (QED) is 0.806. The molecule has 0 unspecified atom stereocenters. The van der Waals surface area contributed by atoms with Crippen molar-refractivity contribution < 1.29 is 14.4 Å². The molecule has 2 N–H and O–H groups in total. The summed E-state index contributed by atoms with van der Waals surface area (Å²) in [6, 6.07) is 8.22. The molecule has 1 saturated heterocycles. The summed E-state index contributed by atoms with van der Waals surface area (Å²) in [6.45, 7) is 1.65. The summed E-state index contributed by atoms with van der Waals surface area (Å²) in [5.74, 6) is -0.492. The lowest BCUT2D eigenvalue weighted by molar-refractivity contribution is -0.151. The SMILES string of the molecule is CN1Cc2ccccc2CC2(CCN(C(=O)C3(C(N)=O)CC3)CC2)C1=O. The lowest BCUT2D eigenvalue weighted by Crippen LogP contribution is -2.53. The molecule has 1 aromatic carbocycles. The number of rotatable bonds is 2. The molecule has 3 amide bonds. The Morgan fingerprint density at radius 1 is 1.04 bits per heavy atom. The predicted molar refractivity (Wildman–Crippen MR) is 95.7 cm³/mol. The molecular weight excluding hydrogens is 330 g/mol. The molecule has 6 heteroatoms. The molecule has 6 nitrogen and oxygen atoms in total. The molecule has 2 aliphatic heterocycles. The molecule has 138 valence electrons. The van der Waals surface area contributed by atoms with Crippen LogP contribution in [0.25, 0.3) is 0 Å². The summed E-state index contributed by atoms with van der Waals surface area (Å²) in [5, 5.41) is 0. The minimum Gasteiger partial charge on any atom is -0.369 e. The summed E-state index contributed by atoms with van der Waals surface area (Å²) in [4.78, 5) is 41.1. The zero-order chi connectivity index (χ0) is 18.5. The van der Waals surface area contributed by atoms with Crippen LogP contribution in [0.4, 0.5) is 0 Å². The van der Waals surface area contributed by atoms with Gasteiger partial charge in [0.2, 0.25) is 17.7 Å². The fourth-order valence-electron chi connectivity index (χ4n) is 4.58. The first-order valence-electron chi connectivity index (χ1n) is 9.30. The lowest BCUT2D eigenvalue weighted by Gasteiger charge is -2.42. The van der Waals surface area contributed by atoms with Gasteiger partial charge >= 0.3 is 0 Å². The minimum absolute atomic E-state index is 0.144. The van der Waals surface area contributed by atoms with E-state index in [9.17, 15) is 14.4 Å². The van der Waals surface area contributed by atoms with Crippen LogP contribution in [0.1, 0.15) is 36.8 Å². The average Bonchev–Trinajstić information content (AvgIpc) is 3.45. The zero-order valence-corrected chi connectivity index (χ0v) is 15.2. The Morgan fingerprint density at radius 3 is 2.23 bits per heavy atom. The molecule has 2 fully saturated rings. The Bertz CT molecular complexity index is 776. The van der Waals surface area contributed by atoms with Crippen molar-refractivity contribution in [3.05, 3.63) is 35.4 Å². The Hall–Kier alpha value is -2.37. The maximum atomic E-state index is 13.1. The van der Waals surface area contributed by atoms with E-state index in [1.165, 1.54) is 11.1 Å². The highest BCUT2D eigenvalue weighted by molar-refractivity contribution is 6.07. The van der Waals surface area contributed by atoms with E-state index in [0.29, 0.717) is 45.3 Å². The van der Waals surface area contributed by atoms with Crippen LogP contribution in [-0.2, 0) is 27.3 Å². The van der Waals surface area contributed by atoms with Crippen LogP contribution in [0.15, 0.2) is 24.3 Å². The van der Waals surface area contributed by atoms with Crippen LogP contribution in [0.5, 0.6) is 0 Å². The van der Waals surface area contributed by atoms with Crippen molar-refractivity contribution in [1.82, 2.24) is 9.80 Å². The normalized spacial score (nSPS) is 23.3. The van der Waals surface area contributed by atoms with E-state index in [1.807, 2.05) is 24.1 Å². The van der Waals surface area contributed by atoms with Gasteiger partial charge in [-0.2, -0.15) is 0 Å². The third kappa shape index (κ3) is 2.50. The molecule has 0 atom stereocenters. The van der Waals surface area contributed by atoms with Gasteiger partial charge in [-0.05, 0) is 43.2 Å². The third-order valence-corrected chi connectivity index (χ3v) is 6.49. The monoisotopic (exact) mass is 355 g/mol. The maximum absolute atomic E-state index is 13.1. The summed E-state index contributed by atoms with van der Waals surface area (Å²) in [7, 11) is 1.86. The molecule has 1 spiro atoms. The van der Waals surface area contributed by atoms with Crippen LogP contribution in [0.3, 0.4) is 0 Å². The standard InChI is InChI=1S/C20H25N3O3/c1-22-13-15-5-3-2-4-14(15)12-19(17(22)25)8-10-23(11-9-19)18(26)20(6-7-20)16(21)24/h2-5H,6-13H2,1H3,(H2,21,24). The van der Waals surface area contributed by atoms with E-state index in [1.54, 1.807) is 4.90 Å². The number of hydrogen-bond donors (Lipinski definition) is 1. The van der Waals surface area contributed by atoms with Gasteiger partial charge in [0.15, 0.2) is 0 Å². The van der Waals surface area contributed by atoms with Crippen LogP contribution in [0.2, 0.25) is 0 Å². The van der Waals surface area contributed by atoms with E-state index in [2.05, 4.69) is 12.1 Å². The number of carbonyl (C=O) groups is 3. The van der Waals surface area contributed by atoms with Crippen molar-refractivity contribution in [3.63, 3.8) is 0 Å². The van der Waals surface area contributed by atoms with Crippen molar-refractivity contribution in [2.45, 2.75) is 38.6 Å². The van der Waals surface area contributed by atoms with Gasteiger partial charge in [0.05, 0.1) is 5.41 Å². The average molecular weight is 355 g/mol. The second-order valence-electron chi connectivity index (χ2n) is 8.13. The smallest absolute Gasteiger partial charge is 0.238 e. The number of nitrogens with zero attached hydrogens (tertiary/aromatic N) is 2. The number of primary amides is 1. The van der Waals surface area contributed by atoms with Crippen LogP contribution in [0, 0.1) is 10.8 Å². The molecular formula is C20H25N3O3. The zero-order valence-electron chi connectivity index (χ0n) is 15.2. The number of piperidine rings is 1. The first-order valence-corrected chi connectivity index (χ1v) is 9.30. The molecule has 0 radical (unpaired) electrons. The number of amides is 3. The fraction of sp³-hybridized carbons (Fsp3) is 0.550. The van der Waals surface area contributed by atoms with E-state index < -0.39 is 16.7 Å². The minimum atomic E-state index is -0.971. The fourth-order valence-corrected chi connectivity index (χ4v) is 4.58. The molecule has 26 heavy (non-hydrogen) atoms. The molecule has 1 saturated carbocycles. The predicted octanol–water partition coefficient (Wildman–Crippen LogP) is 1.08. The number of fused-ring (bicyclic) bond motifs is 1. The number of carbonyl (C=O) groups excluding carboxylic acids is 3. The van der Waals surface area contributed by atoms with Gasteiger partial charge in [-0.1, -0.05) is 24.3 Å². The highest BCUT2D eigenvalue weighted by Crippen LogP contribution is 2.48. The highest BCUT2D eigenvalue weighted by atomic mass is 16.2. The van der Waals surface area contributed by atoms with E-state index in [4.69, 9.17) is 5.73 Å². The van der Waals surface area contributed by atoms with Gasteiger partial charge in [-0.3, -0.25) is 14.4 Å². The van der Waals surface area contributed by atoms with Gasteiger partial charge < -0.3 is 15.5 Å². The Kier molecular flexibility index (Phi) is 3.82. The van der Waals surface area contributed by atoms with Gasteiger partial charge in [-0.15, -0.1) is 0 Å².